The molecule has 0 saturated heterocycles. The van der Waals surface area contributed by atoms with E-state index < -0.39 is 0 Å². The minimum atomic E-state index is -0.305. The Morgan fingerprint density at radius 3 is 2.61 bits per heavy atom. The zero-order valence-corrected chi connectivity index (χ0v) is 18.0. The van der Waals surface area contributed by atoms with Crippen LogP contribution in [0.25, 0.3) is 22.0 Å². The Hall–Kier alpha value is -3.30. The maximum absolute atomic E-state index is 13.4. The Kier molecular flexibility index (Phi) is 5.13. The van der Waals surface area contributed by atoms with Crippen molar-refractivity contribution in [3.8, 4) is 17.1 Å². The lowest BCUT2D eigenvalue weighted by atomic mass is 10.2. The van der Waals surface area contributed by atoms with E-state index in [0.717, 1.165) is 16.9 Å². The molecule has 5 aromatic rings. The number of hydrogen-bond donors (Lipinski definition) is 0. The van der Waals surface area contributed by atoms with Gasteiger partial charge in [-0.05, 0) is 43.3 Å². The Bertz CT molecular complexity index is 1420. The van der Waals surface area contributed by atoms with Crippen molar-refractivity contribution in [2.24, 2.45) is 0 Å². The molecule has 6 nitrogen and oxygen atoms in total. The van der Waals surface area contributed by atoms with Gasteiger partial charge in [0, 0.05) is 34.1 Å². The number of thiazole rings is 1. The van der Waals surface area contributed by atoms with E-state index in [1.807, 2.05) is 47.2 Å². The predicted octanol–water partition coefficient (Wildman–Crippen LogP) is 4.74. The maximum atomic E-state index is 13.4. The van der Waals surface area contributed by atoms with Gasteiger partial charge in [-0.1, -0.05) is 30.0 Å². The number of hydrogen-bond acceptors (Lipinski definition) is 6. The maximum Gasteiger partial charge on any atom is 0.258 e. The average molecular weight is 450 g/mol. The van der Waals surface area contributed by atoms with Crippen LogP contribution in [0.2, 0.25) is 0 Å². The second-order valence-electron chi connectivity index (χ2n) is 6.85. The summed E-state index contributed by atoms with van der Waals surface area (Å²) in [6.45, 7) is 1.89. The van der Waals surface area contributed by atoms with Gasteiger partial charge in [-0.15, -0.1) is 21.5 Å². The molecular formula is C22H16FN5OS2. The minimum absolute atomic E-state index is 0.0872. The molecule has 0 unspecified atom stereocenters. The van der Waals surface area contributed by atoms with E-state index >= 15 is 0 Å². The van der Waals surface area contributed by atoms with Gasteiger partial charge in [-0.3, -0.25) is 13.8 Å². The third kappa shape index (κ3) is 3.77. The van der Waals surface area contributed by atoms with Crippen LogP contribution in [0.3, 0.4) is 0 Å². The van der Waals surface area contributed by atoms with Crippen LogP contribution in [0, 0.1) is 12.7 Å². The minimum Gasteiger partial charge on any atom is -0.270 e. The predicted molar refractivity (Wildman–Crippen MR) is 120 cm³/mol. The highest BCUT2D eigenvalue weighted by Crippen LogP contribution is 2.29. The topological polar surface area (TPSA) is 65.1 Å². The largest absolute Gasteiger partial charge is 0.270 e. The molecule has 0 N–H and O–H groups in total. The lowest BCUT2D eigenvalue weighted by molar-refractivity contribution is 0.628. The molecule has 0 saturated carbocycles. The lowest BCUT2D eigenvalue weighted by Gasteiger charge is -2.10. The first kappa shape index (κ1) is 19.7. The van der Waals surface area contributed by atoms with Gasteiger partial charge in [0.1, 0.15) is 5.82 Å². The molecule has 0 amide bonds. The fourth-order valence-corrected chi connectivity index (χ4v) is 5.01. The van der Waals surface area contributed by atoms with E-state index in [4.69, 9.17) is 0 Å². The summed E-state index contributed by atoms with van der Waals surface area (Å²) in [6.07, 6.45) is 0. The highest BCUT2D eigenvalue weighted by atomic mass is 32.2. The van der Waals surface area contributed by atoms with Crippen molar-refractivity contribution >= 4 is 28.1 Å². The van der Waals surface area contributed by atoms with Gasteiger partial charge in [0.05, 0.1) is 5.69 Å². The highest BCUT2D eigenvalue weighted by molar-refractivity contribution is 7.98. The van der Waals surface area contributed by atoms with Gasteiger partial charge in [0.25, 0.3) is 5.56 Å². The quantitative estimate of drug-likeness (QED) is 0.363. The van der Waals surface area contributed by atoms with Gasteiger partial charge in [0.2, 0.25) is 0 Å². The first-order chi connectivity index (χ1) is 15.1. The van der Waals surface area contributed by atoms with E-state index in [2.05, 4.69) is 15.2 Å². The SMILES string of the molecule is Cc1csc2nc(CSc3nnc(-c4ccc(F)cc4)n3-c3ccccc3)cc(=O)n12. The lowest BCUT2D eigenvalue weighted by Crippen LogP contribution is -2.14. The van der Waals surface area contributed by atoms with Crippen molar-refractivity contribution in [1.29, 1.82) is 0 Å². The molecular weight excluding hydrogens is 433 g/mol. The molecule has 0 spiro atoms. The Morgan fingerprint density at radius 1 is 1.06 bits per heavy atom. The number of benzene rings is 2. The van der Waals surface area contributed by atoms with Crippen LogP contribution in [0.5, 0.6) is 0 Å². The van der Waals surface area contributed by atoms with E-state index in [1.54, 1.807) is 22.6 Å². The van der Waals surface area contributed by atoms with E-state index in [-0.39, 0.29) is 11.4 Å². The molecule has 5 rings (SSSR count). The number of rotatable bonds is 5. The van der Waals surface area contributed by atoms with Gasteiger partial charge >= 0.3 is 0 Å². The number of para-hydroxylation sites is 1. The molecule has 2 aromatic carbocycles. The normalized spacial score (nSPS) is 11.3. The van der Waals surface area contributed by atoms with Crippen LogP contribution in [-0.4, -0.2) is 24.1 Å². The van der Waals surface area contributed by atoms with E-state index in [0.29, 0.717) is 27.4 Å². The first-order valence-corrected chi connectivity index (χ1v) is 11.3. The second kappa shape index (κ2) is 8.09. The number of nitrogens with zero attached hydrogens (tertiary/aromatic N) is 5. The van der Waals surface area contributed by atoms with Crippen LogP contribution in [0.15, 0.2) is 76.0 Å². The van der Waals surface area contributed by atoms with Crippen molar-refractivity contribution in [3.63, 3.8) is 0 Å². The van der Waals surface area contributed by atoms with Crippen molar-refractivity contribution in [3.05, 3.63) is 93.6 Å². The molecule has 154 valence electrons. The summed E-state index contributed by atoms with van der Waals surface area (Å²) in [4.78, 5) is 17.7. The van der Waals surface area contributed by atoms with Crippen LogP contribution < -0.4 is 5.56 Å². The molecule has 0 aliphatic heterocycles. The van der Waals surface area contributed by atoms with E-state index in [9.17, 15) is 9.18 Å². The highest BCUT2D eigenvalue weighted by Gasteiger charge is 2.17. The smallest absolute Gasteiger partial charge is 0.258 e. The fraction of sp³-hybridized carbons (Fsp3) is 0.0909. The third-order valence-electron chi connectivity index (χ3n) is 4.73. The summed E-state index contributed by atoms with van der Waals surface area (Å²) in [5.74, 6) is 0.781. The van der Waals surface area contributed by atoms with Crippen molar-refractivity contribution in [1.82, 2.24) is 24.1 Å². The van der Waals surface area contributed by atoms with E-state index in [1.165, 1.54) is 35.2 Å². The Balaban J connectivity index is 1.52. The fourth-order valence-electron chi connectivity index (χ4n) is 3.27. The van der Waals surface area contributed by atoms with Crippen LogP contribution in [0.1, 0.15) is 11.4 Å². The number of thioether (sulfide) groups is 1. The van der Waals surface area contributed by atoms with Crippen LogP contribution in [-0.2, 0) is 5.75 Å². The van der Waals surface area contributed by atoms with Gasteiger partial charge in [-0.25, -0.2) is 9.37 Å². The summed E-state index contributed by atoms with van der Waals surface area (Å²) in [6, 6.07) is 17.5. The zero-order chi connectivity index (χ0) is 21.4. The molecule has 0 aliphatic rings. The monoisotopic (exact) mass is 449 g/mol. The first-order valence-electron chi connectivity index (χ1n) is 9.46. The summed E-state index contributed by atoms with van der Waals surface area (Å²) < 4.78 is 16.9. The van der Waals surface area contributed by atoms with Crippen molar-refractivity contribution in [2.75, 3.05) is 0 Å². The van der Waals surface area contributed by atoms with Crippen molar-refractivity contribution in [2.45, 2.75) is 17.8 Å². The zero-order valence-electron chi connectivity index (χ0n) is 16.4. The Morgan fingerprint density at radius 2 is 1.84 bits per heavy atom. The Labute approximate surface area is 185 Å². The molecule has 31 heavy (non-hydrogen) atoms. The van der Waals surface area contributed by atoms with Crippen LogP contribution >= 0.6 is 23.1 Å². The van der Waals surface area contributed by atoms with Gasteiger partial charge < -0.3 is 0 Å². The second-order valence-corrected chi connectivity index (χ2v) is 8.63. The molecule has 0 bridgehead atoms. The number of halogens is 1. The standard InChI is InChI=1S/C22H16FN5OS2/c1-14-12-30-21-24-17(11-19(29)27(14)21)13-31-22-26-25-20(15-7-9-16(23)10-8-15)28(22)18-5-3-2-4-6-18/h2-12H,13H2,1H3. The average Bonchev–Trinajstić information content (AvgIpc) is 3.37. The molecule has 3 heterocycles. The van der Waals surface area contributed by atoms with Crippen LogP contribution in [0.4, 0.5) is 4.39 Å². The number of aromatic nitrogens is 5. The number of fused-ring (bicyclic) bond motifs is 1. The van der Waals surface area contributed by atoms with Gasteiger partial charge in [-0.2, -0.15) is 0 Å². The van der Waals surface area contributed by atoms with Crippen molar-refractivity contribution < 1.29 is 4.39 Å². The van der Waals surface area contributed by atoms with Gasteiger partial charge in [0.15, 0.2) is 15.9 Å². The molecule has 3 aromatic heterocycles. The third-order valence-corrected chi connectivity index (χ3v) is 6.63. The molecule has 9 heteroatoms. The number of aryl methyl sites for hydroxylation is 1. The summed E-state index contributed by atoms with van der Waals surface area (Å²) in [5, 5.41) is 11.3. The molecule has 0 aliphatic carbocycles. The molecule has 0 fully saturated rings. The summed E-state index contributed by atoms with van der Waals surface area (Å²) in [5.41, 5.74) is 3.13. The summed E-state index contributed by atoms with van der Waals surface area (Å²) in [7, 11) is 0. The summed E-state index contributed by atoms with van der Waals surface area (Å²) >= 11 is 2.89. The molecule has 0 atom stereocenters. The molecule has 0 radical (unpaired) electrons.